The highest BCUT2D eigenvalue weighted by Crippen LogP contribution is 2.49. The van der Waals surface area contributed by atoms with Gasteiger partial charge in [0, 0.05) is 25.7 Å². The number of hydrogen-bond acceptors (Lipinski definition) is 6. The summed E-state index contributed by atoms with van der Waals surface area (Å²) in [4.78, 5) is 5.01. The number of methoxy groups -OCH3 is 4. The van der Waals surface area contributed by atoms with Crippen LogP contribution >= 0.6 is 24.8 Å². The Morgan fingerprint density at radius 2 is 1.39 bits per heavy atom. The minimum Gasteiger partial charge on any atom is -0.493 e. The van der Waals surface area contributed by atoms with E-state index in [0.29, 0.717) is 22.2 Å². The van der Waals surface area contributed by atoms with E-state index in [-0.39, 0.29) is 6.04 Å². The monoisotopic (exact) mass is 556 g/mol. The first-order chi connectivity index (χ1) is 18.4. The van der Waals surface area contributed by atoms with Crippen molar-refractivity contribution in [2.75, 3.05) is 48.1 Å². The van der Waals surface area contributed by atoms with E-state index >= 15 is 0 Å². The van der Waals surface area contributed by atoms with Crippen LogP contribution in [0, 0.1) is 11.8 Å². The molecule has 0 amide bonds. The molecule has 2 aromatic carbocycles. The lowest BCUT2D eigenvalue weighted by atomic mass is 9.72. The summed E-state index contributed by atoms with van der Waals surface area (Å²) in [6, 6.07) is 9.27. The van der Waals surface area contributed by atoms with Crippen LogP contribution in [0.25, 0.3) is 0 Å². The normalized spacial score (nSPS) is 24.6. The molecule has 2 unspecified atom stereocenters. The van der Waals surface area contributed by atoms with Crippen LogP contribution in [0.1, 0.15) is 60.5 Å². The number of thiocarbonyl (C=S) groups is 1. The van der Waals surface area contributed by atoms with Crippen LogP contribution in [0.3, 0.4) is 0 Å². The van der Waals surface area contributed by atoms with Gasteiger partial charge in [-0.05, 0) is 84.0 Å². The average molecular weight is 557 g/mol. The van der Waals surface area contributed by atoms with E-state index < -0.39 is 0 Å². The molecule has 0 spiro atoms. The molecule has 2 aromatic rings. The molecule has 0 aliphatic carbocycles. The van der Waals surface area contributed by atoms with Crippen LogP contribution in [0.4, 0.5) is 0 Å². The molecule has 0 radical (unpaired) electrons. The zero-order valence-electron chi connectivity index (χ0n) is 23.2. The number of fused-ring (bicyclic) bond motifs is 4. The summed E-state index contributed by atoms with van der Waals surface area (Å²) in [5.41, 5.74) is 5.39. The highest BCUT2D eigenvalue weighted by atomic mass is 32.1. The van der Waals surface area contributed by atoms with E-state index in [2.05, 4.69) is 53.6 Å². The molecule has 3 aliphatic heterocycles. The molecule has 8 heteroatoms. The second kappa shape index (κ2) is 11.5. The van der Waals surface area contributed by atoms with Crippen LogP contribution in [-0.4, -0.2) is 62.2 Å². The lowest BCUT2D eigenvalue weighted by Crippen LogP contribution is -2.47. The Morgan fingerprint density at radius 3 is 1.97 bits per heavy atom. The lowest BCUT2D eigenvalue weighted by Gasteiger charge is -2.49. The fourth-order valence-electron chi connectivity index (χ4n) is 7.05. The van der Waals surface area contributed by atoms with Crippen molar-refractivity contribution in [2.45, 2.75) is 51.1 Å². The van der Waals surface area contributed by atoms with E-state index in [1.165, 1.54) is 28.7 Å². The standard InChI is InChI=1S/C30H40N2O4S2/c1-6-18-17-31-9-7-19-13-26(33-2)28(35-4)15-22(19)24(31)11-21(18)12-25-23-16-29(36-5)27(34-3)14-20(23)8-10-32(25)30(37)38/h13-16,18,21,24-25H,6-12,17H2,1-5H3,(H,37,38)/t18-,21?,24?,25+/m0/s1. The van der Waals surface area contributed by atoms with Gasteiger partial charge >= 0.3 is 0 Å². The Kier molecular flexibility index (Phi) is 8.31. The Labute approximate surface area is 238 Å². The summed E-state index contributed by atoms with van der Waals surface area (Å²) < 4.78 is 23.3. The smallest absolute Gasteiger partial charge is 0.161 e. The van der Waals surface area contributed by atoms with Gasteiger partial charge in [-0.15, -0.1) is 12.6 Å². The number of thiol groups is 1. The van der Waals surface area contributed by atoms with Gasteiger partial charge in [0.1, 0.15) is 4.32 Å². The maximum atomic E-state index is 5.70. The van der Waals surface area contributed by atoms with Crippen molar-refractivity contribution in [3.8, 4) is 23.0 Å². The molecule has 0 aromatic heterocycles. The summed E-state index contributed by atoms with van der Waals surface area (Å²) >= 11 is 10.3. The molecule has 5 rings (SSSR count). The molecule has 0 bridgehead atoms. The molecule has 3 heterocycles. The van der Waals surface area contributed by atoms with Gasteiger partial charge in [0.05, 0.1) is 34.5 Å². The van der Waals surface area contributed by atoms with Crippen molar-refractivity contribution in [3.63, 3.8) is 0 Å². The van der Waals surface area contributed by atoms with E-state index in [1.54, 1.807) is 28.4 Å². The SMILES string of the molecule is CC[C@H]1CN2CCc3cc(OC)c(OC)cc3C2CC1C[C@@H]1c2cc(OC)c(OC)cc2CCN1C(=S)S. The number of hydrogen-bond donors (Lipinski definition) is 1. The summed E-state index contributed by atoms with van der Waals surface area (Å²) in [5, 5.41) is 0. The van der Waals surface area contributed by atoms with E-state index in [0.717, 1.165) is 68.3 Å². The molecule has 206 valence electrons. The summed E-state index contributed by atoms with van der Waals surface area (Å²) in [5.74, 6) is 4.38. The van der Waals surface area contributed by atoms with E-state index in [9.17, 15) is 0 Å². The zero-order chi connectivity index (χ0) is 27.0. The van der Waals surface area contributed by atoms with Crippen molar-refractivity contribution >= 4 is 29.2 Å². The molecular weight excluding hydrogens is 516 g/mol. The van der Waals surface area contributed by atoms with E-state index in [1.807, 2.05) is 0 Å². The Balaban J connectivity index is 1.49. The second-order valence-electron chi connectivity index (χ2n) is 10.7. The Hall–Kier alpha value is -2.16. The highest BCUT2D eigenvalue weighted by Gasteiger charge is 2.41. The molecule has 0 N–H and O–H groups in total. The maximum absolute atomic E-state index is 5.70. The first-order valence-electron chi connectivity index (χ1n) is 13.6. The Bertz CT molecular complexity index is 1190. The third kappa shape index (κ3) is 4.95. The van der Waals surface area contributed by atoms with Gasteiger partial charge < -0.3 is 23.8 Å². The van der Waals surface area contributed by atoms with Crippen molar-refractivity contribution in [3.05, 3.63) is 46.5 Å². The summed E-state index contributed by atoms with van der Waals surface area (Å²) in [6.45, 7) is 5.42. The molecular formula is C30H40N2O4S2. The number of rotatable bonds is 7. The van der Waals surface area contributed by atoms with Crippen molar-refractivity contribution in [1.82, 2.24) is 9.80 Å². The molecule has 1 fully saturated rings. The molecule has 38 heavy (non-hydrogen) atoms. The number of piperidine rings is 1. The minimum absolute atomic E-state index is 0.169. The molecule has 0 saturated carbocycles. The highest BCUT2D eigenvalue weighted by molar-refractivity contribution is 8.10. The van der Waals surface area contributed by atoms with Crippen molar-refractivity contribution in [2.24, 2.45) is 11.8 Å². The van der Waals surface area contributed by atoms with Crippen molar-refractivity contribution < 1.29 is 18.9 Å². The van der Waals surface area contributed by atoms with E-state index in [4.69, 9.17) is 31.2 Å². The van der Waals surface area contributed by atoms with Gasteiger partial charge in [0.25, 0.3) is 0 Å². The average Bonchev–Trinajstić information content (AvgIpc) is 2.94. The van der Waals surface area contributed by atoms with Crippen molar-refractivity contribution in [1.29, 1.82) is 0 Å². The number of benzene rings is 2. The van der Waals surface area contributed by atoms with Gasteiger partial charge in [-0.3, -0.25) is 4.90 Å². The zero-order valence-corrected chi connectivity index (χ0v) is 24.9. The fourth-order valence-corrected chi connectivity index (χ4v) is 7.51. The minimum atomic E-state index is 0.169. The quantitative estimate of drug-likeness (QED) is 0.338. The third-order valence-electron chi connectivity index (χ3n) is 9.07. The lowest BCUT2D eigenvalue weighted by molar-refractivity contribution is 0.0381. The molecule has 4 atom stereocenters. The van der Waals surface area contributed by atoms with Gasteiger partial charge in [-0.2, -0.15) is 0 Å². The fraction of sp³-hybridized carbons (Fsp3) is 0.567. The molecule has 1 saturated heterocycles. The topological polar surface area (TPSA) is 43.4 Å². The first-order valence-corrected chi connectivity index (χ1v) is 14.5. The maximum Gasteiger partial charge on any atom is 0.161 e. The second-order valence-corrected chi connectivity index (χ2v) is 11.8. The first kappa shape index (κ1) is 27.4. The third-order valence-corrected chi connectivity index (χ3v) is 9.57. The number of ether oxygens (including phenoxy) is 4. The van der Waals surface area contributed by atoms with Crippen LogP contribution < -0.4 is 18.9 Å². The summed E-state index contributed by atoms with van der Waals surface area (Å²) in [7, 11) is 6.84. The molecule has 6 nitrogen and oxygen atoms in total. The van der Waals surface area contributed by atoms with Crippen LogP contribution in [0.15, 0.2) is 24.3 Å². The largest absolute Gasteiger partial charge is 0.493 e. The Morgan fingerprint density at radius 1 is 0.842 bits per heavy atom. The van der Waals surface area contributed by atoms with Gasteiger partial charge in [-0.25, -0.2) is 0 Å². The molecule has 3 aliphatic rings. The predicted octanol–water partition coefficient (Wildman–Crippen LogP) is 5.87. The van der Waals surface area contributed by atoms with Gasteiger partial charge in [-0.1, -0.05) is 25.6 Å². The summed E-state index contributed by atoms with van der Waals surface area (Å²) in [6.07, 6.45) is 5.29. The van der Waals surface area contributed by atoms with Crippen LogP contribution in [-0.2, 0) is 12.8 Å². The predicted molar refractivity (Wildman–Crippen MR) is 158 cm³/mol. The van der Waals surface area contributed by atoms with Gasteiger partial charge in [0.2, 0.25) is 0 Å². The van der Waals surface area contributed by atoms with Crippen LogP contribution in [0.5, 0.6) is 23.0 Å². The van der Waals surface area contributed by atoms with Crippen LogP contribution in [0.2, 0.25) is 0 Å². The van der Waals surface area contributed by atoms with Gasteiger partial charge in [0.15, 0.2) is 23.0 Å². The number of nitrogens with zero attached hydrogens (tertiary/aromatic N) is 2.